The molecule has 1 aromatic heterocycles. The van der Waals surface area contributed by atoms with E-state index in [-0.39, 0.29) is 35.7 Å². The smallest absolute Gasteiger partial charge is 0.272 e. The number of halogens is 2. The third kappa shape index (κ3) is 2.61. The molecular weight excluding hydrogens is 340 g/mol. The second-order valence-electron chi connectivity index (χ2n) is 7.86. The maximum absolute atomic E-state index is 14.3. The van der Waals surface area contributed by atoms with Crippen LogP contribution in [-0.4, -0.2) is 32.9 Å². The lowest BCUT2D eigenvalue weighted by Gasteiger charge is -2.23. The van der Waals surface area contributed by atoms with Crippen molar-refractivity contribution in [3.8, 4) is 5.69 Å². The first kappa shape index (κ1) is 17.1. The van der Waals surface area contributed by atoms with Crippen LogP contribution in [0.15, 0.2) is 18.2 Å². The van der Waals surface area contributed by atoms with Crippen LogP contribution in [0.25, 0.3) is 5.69 Å². The van der Waals surface area contributed by atoms with Crippen molar-refractivity contribution in [1.82, 2.24) is 15.1 Å². The fraction of sp³-hybridized carbons (Fsp3) is 0.474. The molecule has 7 heteroatoms. The van der Waals surface area contributed by atoms with Crippen LogP contribution in [0.5, 0.6) is 0 Å². The molecule has 26 heavy (non-hydrogen) atoms. The molecule has 0 aliphatic heterocycles. The minimum atomic E-state index is -0.785. The number of hydrogen-bond acceptors (Lipinski definition) is 3. The van der Waals surface area contributed by atoms with Gasteiger partial charge < -0.3 is 10.4 Å². The number of rotatable bonds is 4. The average Bonchev–Trinajstić information content (AvgIpc) is 3.26. The van der Waals surface area contributed by atoms with Gasteiger partial charge in [0.15, 0.2) is 11.5 Å². The zero-order chi connectivity index (χ0) is 18.6. The van der Waals surface area contributed by atoms with Crippen LogP contribution < -0.4 is 5.32 Å². The topological polar surface area (TPSA) is 67.2 Å². The highest BCUT2D eigenvalue weighted by molar-refractivity contribution is 5.95. The van der Waals surface area contributed by atoms with Gasteiger partial charge in [0.25, 0.3) is 5.91 Å². The largest absolute Gasteiger partial charge is 0.394 e. The van der Waals surface area contributed by atoms with Crippen LogP contribution in [0.1, 0.15) is 66.7 Å². The summed E-state index contributed by atoms with van der Waals surface area (Å²) >= 11 is 0. The van der Waals surface area contributed by atoms with Crippen LogP contribution in [0.3, 0.4) is 0 Å². The van der Waals surface area contributed by atoms with Crippen LogP contribution >= 0.6 is 0 Å². The zero-order valence-electron chi connectivity index (χ0n) is 14.7. The maximum Gasteiger partial charge on any atom is 0.272 e. The predicted molar refractivity (Wildman–Crippen MR) is 91.4 cm³/mol. The van der Waals surface area contributed by atoms with Crippen LogP contribution in [0.4, 0.5) is 8.78 Å². The number of amides is 1. The van der Waals surface area contributed by atoms with Crippen LogP contribution in [-0.2, 0) is 0 Å². The second-order valence-corrected chi connectivity index (χ2v) is 7.86. The maximum atomic E-state index is 14.3. The van der Waals surface area contributed by atoms with Gasteiger partial charge in [-0.05, 0) is 51.2 Å². The van der Waals surface area contributed by atoms with Gasteiger partial charge in [-0.15, -0.1) is 0 Å². The van der Waals surface area contributed by atoms with Gasteiger partial charge in [-0.3, -0.25) is 4.79 Å². The van der Waals surface area contributed by atoms with Crippen molar-refractivity contribution in [3.05, 3.63) is 46.8 Å². The number of fused-ring (bicyclic) bond motifs is 5. The van der Waals surface area contributed by atoms with E-state index in [0.29, 0.717) is 0 Å². The van der Waals surface area contributed by atoms with E-state index >= 15 is 0 Å². The third-order valence-corrected chi connectivity index (χ3v) is 5.39. The Bertz CT molecular complexity index is 891. The summed E-state index contributed by atoms with van der Waals surface area (Å²) in [4.78, 5) is 12.8. The van der Waals surface area contributed by atoms with Gasteiger partial charge in [0.2, 0.25) is 0 Å². The number of nitrogens with zero attached hydrogens (tertiary/aromatic N) is 2. The van der Waals surface area contributed by atoms with Gasteiger partial charge in [-0.1, -0.05) is 0 Å². The standard InChI is InChI=1S/C19H21F2N3O2/c1-19(2,9-25)22-18(26)16-15-10-3-4-11(7-10)17(15)24(23-16)14-6-5-12(20)8-13(14)21/h5-6,8,10-11,25H,3-4,7,9H2,1-2H3,(H,22,26)/t10-,11-/m0/s1. The van der Waals surface area contributed by atoms with Crippen molar-refractivity contribution < 1.29 is 18.7 Å². The molecule has 0 radical (unpaired) electrons. The van der Waals surface area contributed by atoms with Crippen molar-refractivity contribution in [2.45, 2.75) is 50.5 Å². The van der Waals surface area contributed by atoms with E-state index in [0.717, 1.165) is 36.6 Å². The molecule has 2 aromatic rings. The van der Waals surface area contributed by atoms with E-state index < -0.39 is 17.2 Å². The zero-order valence-corrected chi connectivity index (χ0v) is 14.7. The van der Waals surface area contributed by atoms with Gasteiger partial charge >= 0.3 is 0 Å². The monoisotopic (exact) mass is 361 g/mol. The lowest BCUT2D eigenvalue weighted by molar-refractivity contribution is 0.0862. The minimum absolute atomic E-state index is 0.149. The lowest BCUT2D eigenvalue weighted by atomic mass is 9.94. The lowest BCUT2D eigenvalue weighted by Crippen LogP contribution is -2.46. The molecule has 0 unspecified atom stereocenters. The summed E-state index contributed by atoms with van der Waals surface area (Å²) in [5, 5.41) is 16.6. The molecule has 2 atom stereocenters. The van der Waals surface area contributed by atoms with Crippen LogP contribution in [0, 0.1) is 11.6 Å². The summed E-state index contributed by atoms with van der Waals surface area (Å²) in [5.74, 6) is -1.27. The molecule has 138 valence electrons. The highest BCUT2D eigenvalue weighted by Gasteiger charge is 2.44. The number of benzene rings is 1. The van der Waals surface area contributed by atoms with Crippen molar-refractivity contribution in [2.75, 3.05) is 6.61 Å². The van der Waals surface area contributed by atoms with E-state index in [1.54, 1.807) is 13.8 Å². The summed E-state index contributed by atoms with van der Waals surface area (Å²) < 4.78 is 29.1. The first-order valence-electron chi connectivity index (χ1n) is 8.82. The highest BCUT2D eigenvalue weighted by atomic mass is 19.1. The van der Waals surface area contributed by atoms with Gasteiger partial charge in [-0.25, -0.2) is 13.5 Å². The van der Waals surface area contributed by atoms with E-state index in [9.17, 15) is 18.7 Å². The number of hydrogen-bond donors (Lipinski definition) is 2. The molecule has 0 spiro atoms. The fourth-order valence-electron chi connectivity index (χ4n) is 4.14. The number of carbonyl (C=O) groups excluding carboxylic acids is 1. The molecule has 2 aliphatic carbocycles. The SMILES string of the molecule is CC(C)(CO)NC(=O)c1nn(-c2ccc(F)cc2F)c2c1[C@H]1CC[C@H]2C1. The van der Waals surface area contributed by atoms with Gasteiger partial charge in [-0.2, -0.15) is 5.10 Å². The van der Waals surface area contributed by atoms with Crippen molar-refractivity contribution in [1.29, 1.82) is 0 Å². The van der Waals surface area contributed by atoms with E-state index in [4.69, 9.17) is 0 Å². The molecule has 0 saturated heterocycles. The third-order valence-electron chi connectivity index (χ3n) is 5.39. The molecule has 1 heterocycles. The quantitative estimate of drug-likeness (QED) is 0.880. The Kier molecular flexibility index (Phi) is 3.87. The Balaban J connectivity index is 1.83. The first-order chi connectivity index (χ1) is 12.3. The summed E-state index contributed by atoms with van der Waals surface area (Å²) in [6.07, 6.45) is 2.90. The molecule has 1 aromatic carbocycles. The van der Waals surface area contributed by atoms with E-state index in [1.165, 1.54) is 16.8 Å². The molecule has 5 nitrogen and oxygen atoms in total. The van der Waals surface area contributed by atoms with E-state index in [2.05, 4.69) is 10.4 Å². The molecule has 4 rings (SSSR count). The van der Waals surface area contributed by atoms with Crippen molar-refractivity contribution in [3.63, 3.8) is 0 Å². The minimum Gasteiger partial charge on any atom is -0.394 e. The Labute approximate surface area is 150 Å². The summed E-state index contributed by atoms with van der Waals surface area (Å²) in [5.41, 5.74) is 1.37. The molecule has 1 saturated carbocycles. The number of nitrogens with one attached hydrogen (secondary N) is 1. The average molecular weight is 361 g/mol. The second kappa shape index (κ2) is 5.87. The fourth-order valence-corrected chi connectivity index (χ4v) is 4.14. The Morgan fingerprint density at radius 3 is 2.77 bits per heavy atom. The normalized spacial score (nSPS) is 21.1. The summed E-state index contributed by atoms with van der Waals surface area (Å²) in [7, 11) is 0. The Morgan fingerprint density at radius 2 is 2.08 bits per heavy atom. The molecule has 1 fully saturated rings. The molecule has 2 N–H and O–H groups in total. The molecular formula is C19H21F2N3O2. The van der Waals surface area contributed by atoms with Gasteiger partial charge in [0.05, 0.1) is 17.8 Å². The molecule has 1 amide bonds. The summed E-state index contributed by atoms with van der Waals surface area (Å²) in [6, 6.07) is 3.36. The highest BCUT2D eigenvalue weighted by Crippen LogP contribution is 2.54. The number of carbonyl (C=O) groups is 1. The Hall–Kier alpha value is -2.28. The predicted octanol–water partition coefficient (Wildman–Crippen LogP) is 3.02. The number of aliphatic hydroxyl groups excluding tert-OH is 1. The molecule has 2 aliphatic rings. The molecule has 2 bridgehead atoms. The van der Waals surface area contributed by atoms with Crippen LogP contribution in [0.2, 0.25) is 0 Å². The van der Waals surface area contributed by atoms with E-state index in [1.807, 2.05) is 0 Å². The first-order valence-corrected chi connectivity index (χ1v) is 8.82. The van der Waals surface area contributed by atoms with Crippen molar-refractivity contribution in [2.24, 2.45) is 0 Å². The summed E-state index contributed by atoms with van der Waals surface area (Å²) in [6.45, 7) is 3.22. The van der Waals surface area contributed by atoms with Gasteiger partial charge in [0, 0.05) is 17.5 Å². The number of aliphatic hydroxyl groups is 1. The number of aromatic nitrogens is 2. The Morgan fingerprint density at radius 1 is 1.35 bits per heavy atom. The van der Waals surface area contributed by atoms with Gasteiger partial charge in [0.1, 0.15) is 11.5 Å². The van der Waals surface area contributed by atoms with Crippen molar-refractivity contribution >= 4 is 5.91 Å².